The molecular weight excluding hydrogens is 354 g/mol. The van der Waals surface area contributed by atoms with Gasteiger partial charge >= 0.3 is 10.0 Å². The number of nitrogens with one attached hydrogen (secondary N) is 3. The van der Waals surface area contributed by atoms with Crippen LogP contribution in [0.4, 0.5) is 5.69 Å². The van der Waals surface area contributed by atoms with Crippen LogP contribution in [0.3, 0.4) is 0 Å². The molecule has 2 aromatic rings. The summed E-state index contributed by atoms with van der Waals surface area (Å²) in [6.07, 6.45) is 1.57. The van der Waals surface area contributed by atoms with E-state index in [2.05, 4.69) is 15.0 Å². The molecule has 0 saturated heterocycles. The van der Waals surface area contributed by atoms with Gasteiger partial charge in [-0.3, -0.25) is 9.79 Å². The minimum Gasteiger partial charge on any atom is -0.496 e. The number of ether oxygens (including phenoxy) is 1. The Balaban J connectivity index is 1.80. The number of methoxy groups -OCH3 is 1. The van der Waals surface area contributed by atoms with Crippen molar-refractivity contribution in [3.05, 3.63) is 54.1 Å². The molecule has 3 rings (SSSR count). The number of hydrogen-bond acceptors (Lipinski definition) is 4. The van der Waals surface area contributed by atoms with Crippen LogP contribution in [-0.4, -0.2) is 33.8 Å². The standard InChI is InChI=1S/C18H19N3O4S/c1-25-16-9-3-2-8-15(16)18(22)20-13-6-4-7-14(12-13)26(23,24)21-17-10-5-11-19-17/h2-4,6-9,12H,5,10-11H2,1H3,(H,19,21)(H,20,22)/p+1. The highest BCUT2D eigenvalue weighted by Crippen LogP contribution is 2.20. The molecule has 26 heavy (non-hydrogen) atoms. The van der Waals surface area contributed by atoms with Gasteiger partial charge in [0.05, 0.1) is 25.6 Å². The van der Waals surface area contributed by atoms with E-state index in [1.54, 1.807) is 36.4 Å². The highest BCUT2D eigenvalue weighted by molar-refractivity contribution is 7.90. The fourth-order valence-electron chi connectivity index (χ4n) is 2.67. The lowest BCUT2D eigenvalue weighted by Crippen LogP contribution is -2.72. The molecule has 1 amide bonds. The van der Waals surface area contributed by atoms with Crippen molar-refractivity contribution >= 4 is 27.5 Å². The molecule has 0 bridgehead atoms. The van der Waals surface area contributed by atoms with Gasteiger partial charge in [-0.15, -0.1) is 0 Å². The van der Waals surface area contributed by atoms with E-state index in [0.29, 0.717) is 29.3 Å². The van der Waals surface area contributed by atoms with Crippen molar-refractivity contribution in [2.24, 2.45) is 0 Å². The van der Waals surface area contributed by atoms with Gasteiger partial charge in [0.1, 0.15) is 10.6 Å². The fourth-order valence-corrected chi connectivity index (χ4v) is 3.83. The van der Waals surface area contributed by atoms with E-state index in [-0.39, 0.29) is 10.8 Å². The molecule has 136 valence electrons. The number of rotatable bonds is 5. The van der Waals surface area contributed by atoms with Crippen molar-refractivity contribution in [1.82, 2.24) is 4.72 Å². The molecule has 7 nitrogen and oxygen atoms in total. The van der Waals surface area contributed by atoms with E-state index in [1.807, 2.05) is 0 Å². The summed E-state index contributed by atoms with van der Waals surface area (Å²) in [6, 6.07) is 12.9. The number of benzene rings is 2. The first-order chi connectivity index (χ1) is 12.5. The zero-order chi connectivity index (χ0) is 18.6. The van der Waals surface area contributed by atoms with Gasteiger partial charge in [-0.05, 0) is 36.8 Å². The van der Waals surface area contributed by atoms with E-state index in [0.717, 1.165) is 13.0 Å². The van der Waals surface area contributed by atoms with Crippen molar-refractivity contribution in [3.63, 3.8) is 0 Å². The number of carbonyl (C=O) groups is 1. The average Bonchev–Trinajstić information content (AvgIpc) is 3.14. The van der Waals surface area contributed by atoms with Crippen LogP contribution in [0.25, 0.3) is 0 Å². The van der Waals surface area contributed by atoms with Gasteiger partial charge in [0.25, 0.3) is 11.7 Å². The number of para-hydroxylation sites is 1. The zero-order valence-corrected chi connectivity index (χ0v) is 15.1. The largest absolute Gasteiger partial charge is 0.496 e. The van der Waals surface area contributed by atoms with Crippen molar-refractivity contribution in [2.75, 3.05) is 19.0 Å². The molecule has 8 heteroatoms. The predicted octanol–water partition coefficient (Wildman–Crippen LogP) is 0.499. The molecule has 0 radical (unpaired) electrons. The van der Waals surface area contributed by atoms with Gasteiger partial charge in [-0.2, -0.15) is 13.1 Å². The number of sulfonamides is 1. The van der Waals surface area contributed by atoms with Crippen molar-refractivity contribution in [2.45, 2.75) is 17.7 Å². The van der Waals surface area contributed by atoms with E-state index < -0.39 is 10.0 Å². The molecule has 1 heterocycles. The van der Waals surface area contributed by atoms with Gasteiger partial charge in [0, 0.05) is 5.69 Å². The van der Waals surface area contributed by atoms with Gasteiger partial charge < -0.3 is 10.1 Å². The molecule has 0 saturated carbocycles. The maximum atomic E-state index is 12.5. The molecule has 3 N–H and O–H groups in total. The second kappa shape index (κ2) is 7.57. The zero-order valence-electron chi connectivity index (χ0n) is 14.3. The Kier molecular flexibility index (Phi) is 5.22. The molecule has 2 aromatic carbocycles. The molecule has 1 aliphatic rings. The third-order valence-electron chi connectivity index (χ3n) is 3.95. The molecule has 0 atom stereocenters. The Labute approximate surface area is 152 Å². The fraction of sp³-hybridized carbons (Fsp3) is 0.222. The first-order valence-corrected chi connectivity index (χ1v) is 9.65. The third-order valence-corrected chi connectivity index (χ3v) is 5.34. The highest BCUT2D eigenvalue weighted by atomic mass is 32.2. The molecule has 0 aromatic heterocycles. The smallest absolute Gasteiger partial charge is 0.328 e. The normalized spacial score (nSPS) is 13.8. The van der Waals surface area contributed by atoms with Crippen molar-refractivity contribution in [3.8, 4) is 5.75 Å². The number of amidine groups is 1. The summed E-state index contributed by atoms with van der Waals surface area (Å²) in [4.78, 5) is 15.5. The molecule has 0 unspecified atom stereocenters. The van der Waals surface area contributed by atoms with Crippen LogP contribution >= 0.6 is 0 Å². The summed E-state index contributed by atoms with van der Waals surface area (Å²) in [5.74, 6) is 0.657. The average molecular weight is 374 g/mol. The highest BCUT2D eigenvalue weighted by Gasteiger charge is 2.24. The number of hydrogen-bond donors (Lipinski definition) is 3. The monoisotopic (exact) mass is 374 g/mol. The minimum absolute atomic E-state index is 0.0801. The number of amides is 1. The van der Waals surface area contributed by atoms with Crippen LogP contribution in [0.5, 0.6) is 5.75 Å². The SMILES string of the molecule is COc1ccccc1C(=O)Nc1cccc(S(=O)(=O)NC2=[NH+]CCC2)c1. The summed E-state index contributed by atoms with van der Waals surface area (Å²) >= 11 is 0. The lowest BCUT2D eigenvalue weighted by atomic mass is 10.2. The van der Waals surface area contributed by atoms with Crippen LogP contribution in [-0.2, 0) is 10.0 Å². The Hall–Kier alpha value is -2.87. The van der Waals surface area contributed by atoms with Crippen LogP contribution < -0.4 is 19.8 Å². The predicted molar refractivity (Wildman–Crippen MR) is 97.8 cm³/mol. The van der Waals surface area contributed by atoms with Crippen LogP contribution in [0, 0.1) is 0 Å². The van der Waals surface area contributed by atoms with Gasteiger partial charge in [-0.1, -0.05) is 18.2 Å². The summed E-state index contributed by atoms with van der Waals surface area (Å²) in [5.41, 5.74) is 0.750. The molecule has 0 spiro atoms. The first-order valence-electron chi connectivity index (χ1n) is 8.16. The molecule has 1 aliphatic heterocycles. The van der Waals surface area contributed by atoms with E-state index in [9.17, 15) is 13.2 Å². The van der Waals surface area contributed by atoms with Crippen molar-refractivity contribution in [1.29, 1.82) is 0 Å². The molecular formula is C18H20N3O4S+. The van der Waals surface area contributed by atoms with Gasteiger partial charge in [-0.25, -0.2) is 0 Å². The Morgan fingerprint density at radius 2 is 1.96 bits per heavy atom. The molecule has 0 fully saturated rings. The van der Waals surface area contributed by atoms with Crippen LogP contribution in [0.15, 0.2) is 53.4 Å². The summed E-state index contributed by atoms with van der Waals surface area (Å²) in [5, 5.41) is 2.71. The second-order valence-electron chi connectivity index (χ2n) is 5.80. The Morgan fingerprint density at radius 3 is 2.69 bits per heavy atom. The Morgan fingerprint density at radius 1 is 1.15 bits per heavy atom. The van der Waals surface area contributed by atoms with Gasteiger partial charge in [0.15, 0.2) is 0 Å². The topological polar surface area (TPSA) is 98.5 Å². The van der Waals surface area contributed by atoms with E-state index in [1.165, 1.54) is 19.2 Å². The van der Waals surface area contributed by atoms with Crippen LogP contribution in [0.2, 0.25) is 0 Å². The maximum Gasteiger partial charge on any atom is 0.328 e. The molecule has 0 aliphatic carbocycles. The van der Waals surface area contributed by atoms with E-state index in [4.69, 9.17) is 4.74 Å². The van der Waals surface area contributed by atoms with E-state index >= 15 is 0 Å². The number of anilines is 1. The van der Waals surface area contributed by atoms with Crippen LogP contribution in [0.1, 0.15) is 23.2 Å². The first kappa shape index (κ1) is 17.9. The summed E-state index contributed by atoms with van der Waals surface area (Å²) < 4.78 is 32.7. The lowest BCUT2D eigenvalue weighted by molar-refractivity contribution is -0.448. The van der Waals surface area contributed by atoms with Gasteiger partial charge in [0.2, 0.25) is 0 Å². The second-order valence-corrected chi connectivity index (χ2v) is 7.48. The van der Waals surface area contributed by atoms with Crippen molar-refractivity contribution < 1.29 is 22.9 Å². The lowest BCUT2D eigenvalue weighted by Gasteiger charge is -2.10. The minimum atomic E-state index is -3.70. The Bertz CT molecular complexity index is 954. The summed E-state index contributed by atoms with van der Waals surface area (Å²) in [7, 11) is -2.22. The third kappa shape index (κ3) is 4.02. The number of carbonyl (C=O) groups excluding carboxylic acids is 1. The summed E-state index contributed by atoms with van der Waals surface area (Å²) in [6.45, 7) is 0.757. The maximum absolute atomic E-state index is 12.5. The quantitative estimate of drug-likeness (QED) is 0.710.